The molecule has 0 spiro atoms. The molecule has 0 radical (unpaired) electrons. The molecule has 44 heavy (non-hydrogen) atoms. The molecular weight excluding hydrogens is 573 g/mol. The summed E-state index contributed by atoms with van der Waals surface area (Å²) in [6.07, 6.45) is 3.15. The van der Waals surface area contributed by atoms with Crippen LogP contribution in [0.3, 0.4) is 0 Å². The minimum absolute atomic E-state index is 0.000235. The second-order valence-electron chi connectivity index (χ2n) is 11.6. The highest BCUT2D eigenvalue weighted by Crippen LogP contribution is 2.42. The standard InChI is InChI=1S/C32H37F3N6O3/c1-4-22-25(34)7-6-19-12-21(44-18-42-3)13-23(26(19)22)28-27(35)29-24(15-37-28)30(40(2)11-9-36)39-31(38-29)43-17-32-8-5-10-41(32)16-20(33)14-32/h6-7,12-13,15,20H,4-5,8-11,14,16-18,36H2,1-3H3/t20-,32+/m1/s1. The Morgan fingerprint density at radius 2 is 2.02 bits per heavy atom. The van der Waals surface area contributed by atoms with Crippen molar-refractivity contribution in [3.63, 3.8) is 0 Å². The van der Waals surface area contributed by atoms with Gasteiger partial charge >= 0.3 is 6.01 Å². The van der Waals surface area contributed by atoms with Crippen LogP contribution in [0.5, 0.6) is 11.8 Å². The number of alkyl halides is 1. The average molecular weight is 611 g/mol. The number of halogens is 3. The molecule has 2 aliphatic rings. The molecule has 2 aromatic heterocycles. The van der Waals surface area contributed by atoms with Crippen molar-refractivity contribution in [2.24, 2.45) is 5.73 Å². The fraction of sp³-hybridized carbons (Fsp3) is 0.469. The van der Waals surface area contributed by atoms with E-state index in [-0.39, 0.29) is 36.4 Å². The van der Waals surface area contributed by atoms with Crippen LogP contribution in [0.2, 0.25) is 0 Å². The number of rotatable bonds is 11. The molecule has 2 atom stereocenters. The molecule has 0 saturated carbocycles. The van der Waals surface area contributed by atoms with Gasteiger partial charge in [-0.05, 0) is 60.3 Å². The fourth-order valence-corrected chi connectivity index (χ4v) is 6.74. The summed E-state index contributed by atoms with van der Waals surface area (Å²) in [4.78, 5) is 17.6. The van der Waals surface area contributed by atoms with Gasteiger partial charge in [0.2, 0.25) is 0 Å². The molecule has 2 aromatic carbocycles. The van der Waals surface area contributed by atoms with E-state index in [0.29, 0.717) is 71.3 Å². The number of nitrogens with two attached hydrogens (primary N) is 1. The first kappa shape index (κ1) is 30.3. The predicted molar refractivity (Wildman–Crippen MR) is 163 cm³/mol. The highest BCUT2D eigenvalue weighted by molar-refractivity contribution is 6.01. The molecule has 2 saturated heterocycles. The molecule has 0 aliphatic carbocycles. The summed E-state index contributed by atoms with van der Waals surface area (Å²) in [7, 11) is 3.30. The zero-order valence-electron chi connectivity index (χ0n) is 25.2. The van der Waals surface area contributed by atoms with E-state index in [2.05, 4.69) is 19.9 Å². The van der Waals surface area contributed by atoms with Gasteiger partial charge in [0.05, 0.1) is 10.9 Å². The number of pyridine rings is 1. The Kier molecular flexibility index (Phi) is 8.49. The van der Waals surface area contributed by atoms with Gasteiger partial charge in [-0.1, -0.05) is 13.0 Å². The highest BCUT2D eigenvalue weighted by Gasteiger charge is 2.49. The van der Waals surface area contributed by atoms with Gasteiger partial charge in [0, 0.05) is 52.0 Å². The minimum Gasteiger partial charge on any atom is -0.468 e. The first-order valence-corrected chi connectivity index (χ1v) is 14.9. The van der Waals surface area contributed by atoms with E-state index in [4.69, 9.17) is 19.9 Å². The summed E-state index contributed by atoms with van der Waals surface area (Å²) in [5, 5.41) is 1.58. The van der Waals surface area contributed by atoms with Crippen molar-refractivity contribution in [3.8, 4) is 23.0 Å². The van der Waals surface area contributed by atoms with Crippen molar-refractivity contribution < 1.29 is 27.4 Å². The van der Waals surface area contributed by atoms with Gasteiger partial charge in [0.15, 0.2) is 12.6 Å². The number of hydrogen-bond acceptors (Lipinski definition) is 9. The second kappa shape index (κ2) is 12.3. The summed E-state index contributed by atoms with van der Waals surface area (Å²) in [6.45, 7) is 4.01. The lowest BCUT2D eigenvalue weighted by atomic mass is 9.94. The van der Waals surface area contributed by atoms with Crippen LogP contribution in [0, 0.1) is 11.6 Å². The highest BCUT2D eigenvalue weighted by atomic mass is 19.1. The topological polar surface area (TPSA) is 98.9 Å². The summed E-state index contributed by atoms with van der Waals surface area (Å²) >= 11 is 0. The van der Waals surface area contributed by atoms with E-state index >= 15 is 8.78 Å². The Hall–Kier alpha value is -3.74. The number of aromatic nitrogens is 3. The zero-order valence-corrected chi connectivity index (χ0v) is 25.2. The number of nitrogens with zero attached hydrogens (tertiary/aromatic N) is 5. The summed E-state index contributed by atoms with van der Waals surface area (Å²) in [5.41, 5.74) is 6.20. The molecule has 2 aliphatic heterocycles. The van der Waals surface area contributed by atoms with Crippen molar-refractivity contribution in [2.45, 2.75) is 44.3 Å². The van der Waals surface area contributed by atoms with Gasteiger partial charge in [0.1, 0.15) is 41.4 Å². The summed E-state index contributed by atoms with van der Waals surface area (Å²) in [5.74, 6) is -0.271. The molecule has 0 unspecified atom stereocenters. The lowest BCUT2D eigenvalue weighted by molar-refractivity contribution is 0.0512. The maximum Gasteiger partial charge on any atom is 0.319 e. The normalized spacial score (nSPS) is 20.0. The first-order chi connectivity index (χ1) is 21.3. The fourth-order valence-electron chi connectivity index (χ4n) is 6.74. The molecule has 0 bridgehead atoms. The van der Waals surface area contributed by atoms with Crippen LogP contribution in [-0.2, 0) is 11.2 Å². The third kappa shape index (κ3) is 5.39. The van der Waals surface area contributed by atoms with Gasteiger partial charge < -0.3 is 24.8 Å². The number of aryl methyl sites for hydroxylation is 1. The predicted octanol–water partition coefficient (Wildman–Crippen LogP) is 5.02. The molecule has 9 nitrogen and oxygen atoms in total. The van der Waals surface area contributed by atoms with Crippen LogP contribution in [0.4, 0.5) is 19.0 Å². The molecule has 2 fully saturated rings. The number of benzene rings is 2. The zero-order chi connectivity index (χ0) is 31.0. The largest absolute Gasteiger partial charge is 0.468 e. The minimum atomic E-state index is -0.912. The van der Waals surface area contributed by atoms with Crippen LogP contribution in [0.1, 0.15) is 31.7 Å². The Balaban J connectivity index is 1.50. The van der Waals surface area contributed by atoms with Crippen molar-refractivity contribution in [2.75, 3.05) is 58.6 Å². The Morgan fingerprint density at radius 3 is 2.80 bits per heavy atom. The van der Waals surface area contributed by atoms with E-state index < -0.39 is 17.5 Å². The Bertz CT molecular complexity index is 1690. The van der Waals surface area contributed by atoms with Crippen LogP contribution in [0.25, 0.3) is 32.9 Å². The van der Waals surface area contributed by atoms with Crippen LogP contribution in [-0.4, -0.2) is 85.3 Å². The van der Waals surface area contributed by atoms with Gasteiger partial charge in [-0.15, -0.1) is 0 Å². The van der Waals surface area contributed by atoms with Crippen molar-refractivity contribution >= 4 is 27.5 Å². The Labute approximate surface area is 254 Å². The van der Waals surface area contributed by atoms with Gasteiger partial charge in [-0.3, -0.25) is 9.88 Å². The SMILES string of the molecule is CCc1c(F)ccc2cc(OCOC)cc(-c3ncc4c(N(C)CCN)nc(OC[C@@]56CCCN5C[C@H](F)C6)nc4c3F)c12. The first-order valence-electron chi connectivity index (χ1n) is 14.9. The maximum atomic E-state index is 16.7. The summed E-state index contributed by atoms with van der Waals surface area (Å²) in [6, 6.07) is 6.42. The van der Waals surface area contributed by atoms with E-state index in [9.17, 15) is 4.39 Å². The number of anilines is 1. The number of hydrogen-bond donors (Lipinski definition) is 1. The number of ether oxygens (including phenoxy) is 3. The van der Waals surface area contributed by atoms with Crippen molar-refractivity contribution in [3.05, 3.63) is 47.7 Å². The quantitative estimate of drug-likeness (QED) is 0.235. The molecule has 0 amide bonds. The van der Waals surface area contributed by atoms with Crippen molar-refractivity contribution in [1.82, 2.24) is 19.9 Å². The second-order valence-corrected chi connectivity index (χ2v) is 11.6. The third-order valence-corrected chi connectivity index (χ3v) is 8.79. The lowest BCUT2D eigenvalue weighted by Gasteiger charge is -2.31. The van der Waals surface area contributed by atoms with E-state index in [0.717, 1.165) is 19.4 Å². The molecule has 4 aromatic rings. The van der Waals surface area contributed by atoms with Crippen LogP contribution in [0.15, 0.2) is 30.5 Å². The van der Waals surface area contributed by atoms with Crippen molar-refractivity contribution in [1.29, 1.82) is 0 Å². The van der Waals surface area contributed by atoms with Crippen LogP contribution >= 0.6 is 0 Å². The number of fused-ring (bicyclic) bond motifs is 3. The summed E-state index contributed by atoms with van der Waals surface area (Å²) < 4.78 is 63.1. The van der Waals surface area contributed by atoms with E-state index in [1.54, 1.807) is 30.1 Å². The monoisotopic (exact) mass is 610 g/mol. The molecule has 12 heteroatoms. The number of methoxy groups -OCH3 is 1. The Morgan fingerprint density at radius 1 is 1.18 bits per heavy atom. The molecule has 2 N–H and O–H groups in total. The molecule has 6 rings (SSSR count). The van der Waals surface area contributed by atoms with Gasteiger partial charge in [0.25, 0.3) is 0 Å². The third-order valence-electron chi connectivity index (χ3n) is 8.79. The maximum absolute atomic E-state index is 16.7. The van der Waals surface area contributed by atoms with E-state index in [1.165, 1.54) is 19.4 Å². The number of likely N-dealkylation sites (N-methyl/N-ethyl adjacent to an activating group) is 1. The molecule has 4 heterocycles. The average Bonchev–Trinajstić information content (AvgIpc) is 3.54. The molecule has 234 valence electrons. The van der Waals surface area contributed by atoms with Crippen LogP contribution < -0.4 is 20.1 Å². The smallest absolute Gasteiger partial charge is 0.319 e. The lowest BCUT2D eigenvalue weighted by Crippen LogP contribution is -2.43. The van der Waals surface area contributed by atoms with E-state index in [1.807, 2.05) is 6.92 Å². The van der Waals surface area contributed by atoms with Gasteiger partial charge in [-0.25, -0.2) is 13.2 Å². The van der Waals surface area contributed by atoms with Gasteiger partial charge in [-0.2, -0.15) is 9.97 Å². The molecular formula is C32H37F3N6O3.